The van der Waals surface area contributed by atoms with Gasteiger partial charge < -0.3 is 16.0 Å². The highest BCUT2D eigenvalue weighted by molar-refractivity contribution is 5.74. The Bertz CT molecular complexity index is 204. The Balaban J connectivity index is 2.10. The first-order valence-electron chi connectivity index (χ1n) is 5.28. The fraction of sp³-hybridized carbons (Fsp3) is 0.700. The van der Waals surface area contributed by atoms with E-state index in [1.54, 1.807) is 0 Å². The Hall–Kier alpha value is -1.19. The third-order valence-corrected chi connectivity index (χ3v) is 2.16. The average Bonchev–Trinajstić information content (AvgIpc) is 2.20. The van der Waals surface area contributed by atoms with Crippen molar-refractivity contribution < 1.29 is 4.79 Å². The van der Waals surface area contributed by atoms with Gasteiger partial charge in [0.2, 0.25) is 0 Å². The first-order chi connectivity index (χ1) is 6.83. The molecule has 0 aromatic heterocycles. The van der Waals surface area contributed by atoms with E-state index in [-0.39, 0.29) is 12.2 Å². The predicted molar refractivity (Wildman–Crippen MR) is 56.7 cm³/mol. The van der Waals surface area contributed by atoms with Crippen molar-refractivity contribution in [2.75, 3.05) is 6.54 Å². The minimum atomic E-state index is -0.0775. The van der Waals surface area contributed by atoms with E-state index >= 15 is 0 Å². The van der Waals surface area contributed by atoms with Crippen LogP contribution in [0.2, 0.25) is 0 Å². The van der Waals surface area contributed by atoms with Gasteiger partial charge in [-0.2, -0.15) is 0 Å². The van der Waals surface area contributed by atoms with Gasteiger partial charge >= 0.3 is 6.03 Å². The number of amides is 2. The van der Waals surface area contributed by atoms with Gasteiger partial charge in [0.15, 0.2) is 0 Å². The summed E-state index contributed by atoms with van der Waals surface area (Å²) in [6, 6.07) is -0.0775. The number of nitrogens with one attached hydrogen (secondary N) is 3. The van der Waals surface area contributed by atoms with Crippen LogP contribution in [0.1, 0.15) is 32.6 Å². The van der Waals surface area contributed by atoms with Crippen LogP contribution in [0, 0.1) is 0 Å². The normalized spacial score (nSPS) is 19.9. The van der Waals surface area contributed by atoms with E-state index in [9.17, 15) is 4.79 Å². The lowest BCUT2D eigenvalue weighted by atomic mass is 10.2. The molecule has 1 rings (SSSR count). The van der Waals surface area contributed by atoms with Crippen LogP contribution in [-0.2, 0) is 0 Å². The van der Waals surface area contributed by atoms with Crippen LogP contribution in [0.25, 0.3) is 0 Å². The number of carbonyl (C=O) groups is 1. The van der Waals surface area contributed by atoms with Gasteiger partial charge in [0, 0.05) is 6.54 Å². The quantitative estimate of drug-likeness (QED) is 0.595. The minimum absolute atomic E-state index is 0.0775. The van der Waals surface area contributed by atoms with E-state index < -0.39 is 0 Å². The molecule has 2 amide bonds. The topological polar surface area (TPSA) is 53.2 Å². The van der Waals surface area contributed by atoms with Crippen LogP contribution < -0.4 is 16.0 Å². The maximum atomic E-state index is 11.3. The Morgan fingerprint density at radius 2 is 2.50 bits per heavy atom. The van der Waals surface area contributed by atoms with Gasteiger partial charge in [-0.15, -0.1) is 0 Å². The molecule has 1 unspecified atom stereocenters. The summed E-state index contributed by atoms with van der Waals surface area (Å²) in [6.07, 6.45) is 8.15. The van der Waals surface area contributed by atoms with Gasteiger partial charge in [0.05, 0.1) is 0 Å². The lowest BCUT2D eigenvalue weighted by molar-refractivity contribution is 0.234. The van der Waals surface area contributed by atoms with E-state index in [2.05, 4.69) is 29.0 Å². The fourth-order valence-corrected chi connectivity index (χ4v) is 1.32. The zero-order valence-corrected chi connectivity index (χ0v) is 8.68. The minimum Gasteiger partial charge on any atom is -0.372 e. The van der Waals surface area contributed by atoms with Crippen molar-refractivity contribution in [1.29, 1.82) is 0 Å². The number of hydrogen-bond acceptors (Lipinski definition) is 2. The van der Waals surface area contributed by atoms with Crippen molar-refractivity contribution >= 4 is 6.03 Å². The van der Waals surface area contributed by atoms with Crippen molar-refractivity contribution in [3.8, 4) is 0 Å². The monoisotopic (exact) mass is 197 g/mol. The van der Waals surface area contributed by atoms with E-state index in [0.29, 0.717) is 0 Å². The molecule has 0 bridgehead atoms. The van der Waals surface area contributed by atoms with Crippen LogP contribution >= 0.6 is 0 Å². The van der Waals surface area contributed by atoms with Crippen molar-refractivity contribution in [2.24, 2.45) is 0 Å². The average molecular weight is 197 g/mol. The number of unbranched alkanes of at least 4 members (excludes halogenated alkanes) is 1. The molecule has 0 saturated heterocycles. The molecule has 1 aliphatic rings. The molecule has 0 saturated carbocycles. The zero-order chi connectivity index (χ0) is 10.2. The van der Waals surface area contributed by atoms with Crippen LogP contribution in [0.15, 0.2) is 12.3 Å². The number of rotatable bonds is 4. The molecular formula is C10H19N3O. The highest BCUT2D eigenvalue weighted by Gasteiger charge is 2.10. The molecule has 1 aliphatic heterocycles. The van der Waals surface area contributed by atoms with Gasteiger partial charge in [-0.3, -0.25) is 0 Å². The maximum Gasteiger partial charge on any atom is 0.316 e. The molecule has 0 aromatic rings. The summed E-state index contributed by atoms with van der Waals surface area (Å²) in [4.78, 5) is 11.3. The molecule has 0 spiro atoms. The summed E-state index contributed by atoms with van der Waals surface area (Å²) in [5, 5.41) is 8.77. The molecule has 1 heterocycles. The van der Waals surface area contributed by atoms with E-state index in [1.165, 1.54) is 0 Å². The Kier molecular flexibility index (Phi) is 4.89. The second kappa shape index (κ2) is 6.29. The highest BCUT2D eigenvalue weighted by atomic mass is 16.2. The summed E-state index contributed by atoms with van der Waals surface area (Å²) >= 11 is 0. The largest absolute Gasteiger partial charge is 0.372 e. The summed E-state index contributed by atoms with van der Waals surface area (Å²) in [7, 11) is 0. The van der Waals surface area contributed by atoms with Crippen LogP contribution in [-0.4, -0.2) is 18.7 Å². The molecule has 14 heavy (non-hydrogen) atoms. The number of carbonyl (C=O) groups excluding carboxylic acids is 1. The Morgan fingerprint density at radius 3 is 3.14 bits per heavy atom. The second-order valence-corrected chi connectivity index (χ2v) is 3.45. The predicted octanol–water partition coefficient (Wildman–Crippen LogP) is 1.31. The highest BCUT2D eigenvalue weighted by Crippen LogP contribution is 2.00. The molecule has 80 valence electrons. The SMILES string of the molecule is CCCCNC(=O)NC1CCC=CN1. The molecule has 0 aliphatic carbocycles. The van der Waals surface area contributed by atoms with Gasteiger partial charge in [-0.05, 0) is 25.5 Å². The first kappa shape index (κ1) is 10.9. The van der Waals surface area contributed by atoms with Crippen molar-refractivity contribution in [3.05, 3.63) is 12.3 Å². The van der Waals surface area contributed by atoms with Gasteiger partial charge in [-0.1, -0.05) is 19.4 Å². The van der Waals surface area contributed by atoms with Gasteiger partial charge in [0.25, 0.3) is 0 Å². The molecule has 0 aromatic carbocycles. The first-order valence-corrected chi connectivity index (χ1v) is 5.28. The van der Waals surface area contributed by atoms with Crippen molar-refractivity contribution in [3.63, 3.8) is 0 Å². The van der Waals surface area contributed by atoms with Crippen LogP contribution in [0.3, 0.4) is 0 Å². The van der Waals surface area contributed by atoms with Crippen molar-refractivity contribution in [2.45, 2.75) is 38.8 Å². The lowest BCUT2D eigenvalue weighted by Crippen LogP contribution is -2.48. The lowest BCUT2D eigenvalue weighted by Gasteiger charge is -2.21. The molecular weight excluding hydrogens is 178 g/mol. The van der Waals surface area contributed by atoms with E-state index in [0.717, 1.165) is 32.2 Å². The third-order valence-electron chi connectivity index (χ3n) is 2.16. The summed E-state index contributed by atoms with van der Waals surface area (Å²) in [6.45, 7) is 2.86. The zero-order valence-electron chi connectivity index (χ0n) is 8.68. The smallest absolute Gasteiger partial charge is 0.316 e. The summed E-state index contributed by atoms with van der Waals surface area (Å²) in [5.41, 5.74) is 0. The molecule has 0 fully saturated rings. The number of allylic oxidation sites excluding steroid dienone is 1. The molecule has 0 radical (unpaired) electrons. The summed E-state index contributed by atoms with van der Waals surface area (Å²) < 4.78 is 0. The van der Waals surface area contributed by atoms with Gasteiger partial charge in [0.1, 0.15) is 6.17 Å². The molecule has 4 heteroatoms. The number of hydrogen-bond donors (Lipinski definition) is 3. The number of urea groups is 1. The van der Waals surface area contributed by atoms with E-state index in [4.69, 9.17) is 0 Å². The Labute approximate surface area is 85.1 Å². The standard InChI is InChI=1S/C10H19N3O/c1-2-3-7-12-10(14)13-9-6-4-5-8-11-9/h5,8-9,11H,2-4,6-7H2,1H3,(H2,12,13,14). The molecule has 3 N–H and O–H groups in total. The van der Waals surface area contributed by atoms with Gasteiger partial charge in [-0.25, -0.2) is 4.79 Å². The molecule has 4 nitrogen and oxygen atoms in total. The van der Waals surface area contributed by atoms with Crippen molar-refractivity contribution in [1.82, 2.24) is 16.0 Å². The third kappa shape index (κ3) is 4.16. The van der Waals surface area contributed by atoms with E-state index in [1.807, 2.05) is 6.20 Å². The second-order valence-electron chi connectivity index (χ2n) is 3.45. The Morgan fingerprint density at radius 1 is 1.64 bits per heavy atom. The van der Waals surface area contributed by atoms with Crippen LogP contribution in [0.4, 0.5) is 4.79 Å². The molecule has 1 atom stereocenters. The fourth-order valence-electron chi connectivity index (χ4n) is 1.32. The van der Waals surface area contributed by atoms with Crippen LogP contribution in [0.5, 0.6) is 0 Å². The summed E-state index contributed by atoms with van der Waals surface area (Å²) in [5.74, 6) is 0. The maximum absolute atomic E-state index is 11.3.